The second-order valence-electron chi connectivity index (χ2n) is 4.41. The molecule has 3 nitrogen and oxygen atoms in total. The molecule has 1 aromatic carbocycles. The molecular weight excluding hydrogens is 305 g/mol. The van der Waals surface area contributed by atoms with Crippen molar-refractivity contribution in [1.82, 2.24) is 4.90 Å². The Morgan fingerprint density at radius 2 is 2.24 bits per heavy atom. The fourth-order valence-electron chi connectivity index (χ4n) is 1.71. The Labute approximate surface area is 114 Å². The average Bonchev–Trinajstić information content (AvgIpc) is 3.06. The smallest absolute Gasteiger partial charge is 0.257 e. The highest BCUT2D eigenvalue weighted by Crippen LogP contribution is 2.33. The Morgan fingerprint density at radius 3 is 2.82 bits per heavy atom. The Kier molecular flexibility index (Phi) is 3.64. The van der Waals surface area contributed by atoms with Crippen LogP contribution in [0.2, 0.25) is 5.02 Å². The number of hydrogen-bond donors (Lipinski definition) is 1. The topological polar surface area (TPSA) is 40.5 Å². The van der Waals surface area contributed by atoms with Gasteiger partial charge in [0.15, 0.2) is 0 Å². The molecule has 1 aromatic rings. The molecule has 0 aliphatic heterocycles. The highest BCUT2D eigenvalue weighted by atomic mass is 79.9. The summed E-state index contributed by atoms with van der Waals surface area (Å²) in [5.74, 6) is 0.272. The van der Waals surface area contributed by atoms with Crippen LogP contribution in [0.5, 0.6) is 5.75 Å². The van der Waals surface area contributed by atoms with Gasteiger partial charge in [-0.15, -0.1) is 0 Å². The van der Waals surface area contributed by atoms with Crippen molar-refractivity contribution in [1.29, 1.82) is 0 Å². The monoisotopic (exact) mass is 317 g/mol. The number of amides is 1. The van der Waals surface area contributed by atoms with Crippen molar-refractivity contribution < 1.29 is 9.90 Å². The van der Waals surface area contributed by atoms with E-state index in [4.69, 9.17) is 11.6 Å². The van der Waals surface area contributed by atoms with Crippen LogP contribution >= 0.6 is 27.5 Å². The van der Waals surface area contributed by atoms with E-state index in [-0.39, 0.29) is 22.2 Å². The molecule has 0 unspecified atom stereocenters. The first-order valence-corrected chi connectivity index (χ1v) is 6.59. The third-order valence-corrected chi connectivity index (χ3v) is 3.58. The number of rotatable bonds is 3. The molecule has 17 heavy (non-hydrogen) atoms. The van der Waals surface area contributed by atoms with Crippen molar-refractivity contribution in [2.24, 2.45) is 5.92 Å². The number of phenolic OH excluding ortho intramolecular Hbond substituents is 1. The summed E-state index contributed by atoms with van der Waals surface area (Å²) in [6.07, 6.45) is 2.37. The molecule has 1 fully saturated rings. The van der Waals surface area contributed by atoms with E-state index in [9.17, 15) is 9.90 Å². The van der Waals surface area contributed by atoms with Crippen molar-refractivity contribution in [3.8, 4) is 5.75 Å². The highest BCUT2D eigenvalue weighted by Gasteiger charge is 2.26. The van der Waals surface area contributed by atoms with Crippen molar-refractivity contribution in [2.45, 2.75) is 12.8 Å². The van der Waals surface area contributed by atoms with E-state index in [1.807, 2.05) is 0 Å². The average molecular weight is 319 g/mol. The zero-order chi connectivity index (χ0) is 12.6. The first kappa shape index (κ1) is 12.7. The third-order valence-electron chi connectivity index (χ3n) is 2.83. The molecule has 1 N–H and O–H groups in total. The lowest BCUT2D eigenvalue weighted by atomic mass is 10.1. The van der Waals surface area contributed by atoms with Crippen LogP contribution in [-0.2, 0) is 0 Å². The van der Waals surface area contributed by atoms with Gasteiger partial charge >= 0.3 is 0 Å². The van der Waals surface area contributed by atoms with Gasteiger partial charge in [0.2, 0.25) is 0 Å². The number of benzene rings is 1. The minimum absolute atomic E-state index is 0.150. The molecule has 0 atom stereocenters. The van der Waals surface area contributed by atoms with Gasteiger partial charge in [-0.2, -0.15) is 0 Å². The second-order valence-corrected chi connectivity index (χ2v) is 5.74. The number of aromatic hydroxyl groups is 1. The molecule has 1 aliphatic rings. The van der Waals surface area contributed by atoms with Gasteiger partial charge in [-0.05, 0) is 30.9 Å². The molecule has 1 aliphatic carbocycles. The minimum atomic E-state index is -0.197. The molecule has 2 rings (SSSR count). The van der Waals surface area contributed by atoms with Crippen molar-refractivity contribution in [3.05, 3.63) is 27.2 Å². The highest BCUT2D eigenvalue weighted by molar-refractivity contribution is 9.10. The molecule has 0 radical (unpaired) electrons. The van der Waals surface area contributed by atoms with Gasteiger partial charge in [0, 0.05) is 18.1 Å². The molecule has 0 heterocycles. The largest absolute Gasteiger partial charge is 0.506 e. The van der Waals surface area contributed by atoms with Gasteiger partial charge in [0.25, 0.3) is 5.91 Å². The molecule has 0 bridgehead atoms. The lowest BCUT2D eigenvalue weighted by Crippen LogP contribution is -2.28. The second kappa shape index (κ2) is 4.86. The minimum Gasteiger partial charge on any atom is -0.506 e. The van der Waals surface area contributed by atoms with E-state index in [1.54, 1.807) is 24.1 Å². The summed E-state index contributed by atoms with van der Waals surface area (Å²) in [6.45, 7) is 0.738. The van der Waals surface area contributed by atoms with Crippen molar-refractivity contribution >= 4 is 33.4 Å². The van der Waals surface area contributed by atoms with Crippen LogP contribution in [0.15, 0.2) is 16.6 Å². The van der Waals surface area contributed by atoms with E-state index in [1.165, 1.54) is 12.8 Å². The molecule has 0 saturated heterocycles. The summed E-state index contributed by atoms with van der Waals surface area (Å²) >= 11 is 9.10. The number of hydrogen-bond acceptors (Lipinski definition) is 2. The molecule has 1 amide bonds. The van der Waals surface area contributed by atoms with Crippen LogP contribution in [0.25, 0.3) is 0 Å². The standard InChI is InChI=1S/C12H13BrClNO2/c1-15(6-7-2-3-7)12(17)9-4-8(13)5-10(14)11(9)16/h4-5,7,16H,2-3,6H2,1H3. The number of phenols is 1. The van der Waals surface area contributed by atoms with E-state index >= 15 is 0 Å². The van der Waals surface area contributed by atoms with Crippen LogP contribution in [0, 0.1) is 5.92 Å². The van der Waals surface area contributed by atoms with Gasteiger partial charge in [0.1, 0.15) is 5.75 Å². The van der Waals surface area contributed by atoms with Crippen molar-refractivity contribution in [2.75, 3.05) is 13.6 Å². The van der Waals surface area contributed by atoms with Crippen LogP contribution < -0.4 is 0 Å². The Bertz CT molecular complexity index is 460. The lowest BCUT2D eigenvalue weighted by Gasteiger charge is -2.18. The maximum atomic E-state index is 12.1. The SMILES string of the molecule is CN(CC1CC1)C(=O)c1cc(Br)cc(Cl)c1O. The normalized spacial score (nSPS) is 14.8. The molecule has 92 valence electrons. The van der Waals surface area contributed by atoms with Gasteiger partial charge < -0.3 is 10.0 Å². The maximum Gasteiger partial charge on any atom is 0.257 e. The first-order valence-electron chi connectivity index (χ1n) is 5.42. The zero-order valence-corrected chi connectivity index (χ0v) is 11.8. The number of carbonyl (C=O) groups is 1. The summed E-state index contributed by atoms with van der Waals surface area (Å²) in [6, 6.07) is 3.15. The Hall–Kier alpha value is -0.740. The molecule has 1 saturated carbocycles. The molecule has 0 aromatic heterocycles. The summed E-state index contributed by atoms with van der Waals surface area (Å²) in [5.41, 5.74) is 0.243. The molecular formula is C12H13BrClNO2. The predicted octanol–water partition coefficient (Wildman–Crippen LogP) is 3.29. The van der Waals surface area contributed by atoms with Crippen LogP contribution in [0.1, 0.15) is 23.2 Å². The van der Waals surface area contributed by atoms with E-state index in [0.717, 1.165) is 6.54 Å². The quantitative estimate of drug-likeness (QED) is 0.929. The maximum absolute atomic E-state index is 12.1. The number of nitrogens with zero attached hydrogens (tertiary/aromatic N) is 1. The van der Waals surface area contributed by atoms with E-state index in [0.29, 0.717) is 10.4 Å². The summed E-state index contributed by atoms with van der Waals surface area (Å²) in [4.78, 5) is 13.8. The summed E-state index contributed by atoms with van der Waals surface area (Å²) in [7, 11) is 1.74. The van der Waals surface area contributed by atoms with E-state index in [2.05, 4.69) is 15.9 Å². The van der Waals surface area contributed by atoms with Crippen molar-refractivity contribution in [3.63, 3.8) is 0 Å². The Morgan fingerprint density at radius 1 is 1.59 bits per heavy atom. The van der Waals surface area contributed by atoms with Crippen LogP contribution in [0.3, 0.4) is 0 Å². The lowest BCUT2D eigenvalue weighted by molar-refractivity contribution is 0.0785. The molecule has 0 spiro atoms. The van der Waals surface area contributed by atoms with E-state index < -0.39 is 0 Å². The van der Waals surface area contributed by atoms with Gasteiger partial charge in [-0.25, -0.2) is 0 Å². The van der Waals surface area contributed by atoms with Gasteiger partial charge in [-0.3, -0.25) is 4.79 Å². The zero-order valence-electron chi connectivity index (χ0n) is 9.41. The van der Waals surface area contributed by atoms with Crippen LogP contribution in [0.4, 0.5) is 0 Å². The van der Waals surface area contributed by atoms with Gasteiger partial charge in [0.05, 0.1) is 10.6 Å². The fraction of sp³-hybridized carbons (Fsp3) is 0.417. The number of halogens is 2. The fourth-order valence-corrected chi connectivity index (χ4v) is 2.51. The van der Waals surface area contributed by atoms with Gasteiger partial charge in [-0.1, -0.05) is 27.5 Å². The first-order chi connectivity index (χ1) is 7.99. The summed E-state index contributed by atoms with van der Waals surface area (Å²) in [5, 5.41) is 9.97. The number of carbonyl (C=O) groups excluding carboxylic acids is 1. The predicted molar refractivity (Wildman–Crippen MR) is 70.5 cm³/mol. The third kappa shape index (κ3) is 2.93. The van der Waals surface area contributed by atoms with Crippen LogP contribution in [-0.4, -0.2) is 29.5 Å². The summed E-state index contributed by atoms with van der Waals surface area (Å²) < 4.78 is 0.684. The Balaban J connectivity index is 2.22. The molecule has 5 heteroatoms.